The largest absolute Gasteiger partial charge is 0.368 e. The van der Waals surface area contributed by atoms with Crippen LogP contribution in [0.4, 0.5) is 0 Å². The molecule has 1 rings (SSSR count). The molecule has 0 amide bonds. The molecule has 0 aromatic rings. The Hall–Kier alpha value is -0.160. The number of likely N-dealkylation sites (N-methyl/N-ethyl adjacent to an activating group) is 1. The van der Waals surface area contributed by atoms with Crippen LogP contribution in [0.25, 0.3) is 0 Å². The van der Waals surface area contributed by atoms with E-state index in [9.17, 15) is 0 Å². The fourth-order valence-electron chi connectivity index (χ4n) is 2.52. The molecule has 1 heterocycles. The van der Waals surface area contributed by atoms with Gasteiger partial charge in [-0.2, -0.15) is 0 Å². The van der Waals surface area contributed by atoms with Crippen molar-refractivity contribution in [2.24, 2.45) is 0 Å². The van der Waals surface area contributed by atoms with Gasteiger partial charge in [-0.1, -0.05) is 0 Å². The third-order valence-electron chi connectivity index (χ3n) is 3.38. The molecule has 0 aromatic heterocycles. The summed E-state index contributed by atoms with van der Waals surface area (Å²) < 4.78 is 0. The molecule has 4 nitrogen and oxygen atoms in total. The summed E-state index contributed by atoms with van der Waals surface area (Å²) in [5.74, 6) is 0. The fourth-order valence-corrected chi connectivity index (χ4v) is 2.52. The molecule has 96 valence electrons. The lowest BCUT2D eigenvalue weighted by Gasteiger charge is -2.31. The average molecular weight is 230 g/mol. The first-order valence-electron chi connectivity index (χ1n) is 6.31. The highest BCUT2D eigenvalue weighted by Gasteiger charge is 2.27. The predicted molar refractivity (Wildman–Crippen MR) is 65.2 cm³/mol. The molecule has 1 aliphatic rings. The van der Waals surface area contributed by atoms with Crippen molar-refractivity contribution in [3.8, 4) is 0 Å². The van der Waals surface area contributed by atoms with E-state index in [1.807, 2.05) is 0 Å². The van der Waals surface area contributed by atoms with E-state index in [4.69, 9.17) is 10.2 Å². The number of aliphatic hydroxyl groups excluding tert-OH is 1. The Morgan fingerprint density at radius 1 is 1.38 bits per heavy atom. The van der Waals surface area contributed by atoms with Gasteiger partial charge < -0.3 is 15.1 Å². The second-order valence-corrected chi connectivity index (χ2v) is 5.16. The van der Waals surface area contributed by atoms with Gasteiger partial charge in [0, 0.05) is 31.6 Å². The van der Waals surface area contributed by atoms with Crippen LogP contribution >= 0.6 is 0 Å². The van der Waals surface area contributed by atoms with Crippen molar-refractivity contribution in [3.63, 3.8) is 0 Å². The van der Waals surface area contributed by atoms with E-state index in [0.29, 0.717) is 18.5 Å². The predicted octanol–water partition coefficient (Wildman–Crippen LogP) is 0.492. The van der Waals surface area contributed by atoms with E-state index >= 15 is 0 Å². The first-order valence-corrected chi connectivity index (χ1v) is 6.31. The molecule has 0 aliphatic carbocycles. The molecular weight excluding hydrogens is 204 g/mol. The molecule has 0 spiro atoms. The van der Waals surface area contributed by atoms with Gasteiger partial charge in [0.15, 0.2) is 6.29 Å². The third-order valence-corrected chi connectivity index (χ3v) is 3.38. The van der Waals surface area contributed by atoms with Gasteiger partial charge in [-0.05, 0) is 40.3 Å². The minimum Gasteiger partial charge on any atom is -0.368 e. The summed E-state index contributed by atoms with van der Waals surface area (Å²) in [6, 6.07) is 1.25. The summed E-state index contributed by atoms with van der Waals surface area (Å²) in [5, 5.41) is 17.6. The summed E-state index contributed by atoms with van der Waals surface area (Å²) in [7, 11) is 2.05. The summed E-state index contributed by atoms with van der Waals surface area (Å²) >= 11 is 0. The number of nitrogens with zero attached hydrogens (tertiary/aromatic N) is 2. The van der Waals surface area contributed by atoms with Crippen molar-refractivity contribution >= 4 is 0 Å². The molecule has 0 bridgehead atoms. The van der Waals surface area contributed by atoms with Crippen LogP contribution in [0, 0.1) is 0 Å². The maximum atomic E-state index is 8.82. The van der Waals surface area contributed by atoms with Crippen LogP contribution in [0.15, 0.2) is 0 Å². The highest BCUT2D eigenvalue weighted by molar-refractivity contribution is 4.83. The van der Waals surface area contributed by atoms with Crippen LogP contribution in [0.1, 0.15) is 33.1 Å². The molecule has 1 saturated heterocycles. The quantitative estimate of drug-likeness (QED) is 0.652. The van der Waals surface area contributed by atoms with Gasteiger partial charge in [0.1, 0.15) is 0 Å². The number of hydrogen-bond acceptors (Lipinski definition) is 4. The minimum atomic E-state index is -1.17. The SMILES string of the molecule is CC(C)N1CCC[C@H]1CN(C)CCC(O)O. The molecule has 0 unspecified atom stereocenters. The molecule has 4 heteroatoms. The molecule has 2 N–H and O–H groups in total. The Bertz CT molecular complexity index is 197. The summed E-state index contributed by atoms with van der Waals surface area (Å²) in [4.78, 5) is 4.75. The van der Waals surface area contributed by atoms with Gasteiger partial charge in [0.25, 0.3) is 0 Å². The fraction of sp³-hybridized carbons (Fsp3) is 1.00. The summed E-state index contributed by atoms with van der Waals surface area (Å²) in [6.45, 7) is 7.48. The smallest absolute Gasteiger partial charge is 0.152 e. The second kappa shape index (κ2) is 6.55. The number of rotatable bonds is 6. The second-order valence-electron chi connectivity index (χ2n) is 5.16. The van der Waals surface area contributed by atoms with Crippen molar-refractivity contribution in [2.45, 2.75) is 51.5 Å². The lowest BCUT2D eigenvalue weighted by molar-refractivity contribution is -0.0500. The zero-order valence-electron chi connectivity index (χ0n) is 10.8. The van der Waals surface area contributed by atoms with Gasteiger partial charge in [-0.25, -0.2) is 0 Å². The van der Waals surface area contributed by atoms with E-state index in [0.717, 1.165) is 13.1 Å². The molecule has 1 fully saturated rings. The number of aliphatic hydroxyl groups is 2. The van der Waals surface area contributed by atoms with Crippen LogP contribution in [0.3, 0.4) is 0 Å². The van der Waals surface area contributed by atoms with Crippen molar-refractivity contribution in [2.75, 3.05) is 26.7 Å². The molecule has 0 aromatic carbocycles. The monoisotopic (exact) mass is 230 g/mol. The number of hydrogen-bond donors (Lipinski definition) is 2. The normalized spacial score (nSPS) is 22.9. The molecule has 0 radical (unpaired) electrons. The van der Waals surface area contributed by atoms with Crippen molar-refractivity contribution in [1.29, 1.82) is 0 Å². The third kappa shape index (κ3) is 4.37. The molecular formula is C12H26N2O2. The van der Waals surface area contributed by atoms with E-state index in [1.165, 1.54) is 19.4 Å². The van der Waals surface area contributed by atoms with Crippen LogP contribution in [-0.4, -0.2) is 65.1 Å². The lowest BCUT2D eigenvalue weighted by Crippen LogP contribution is -2.42. The Labute approximate surface area is 98.9 Å². The van der Waals surface area contributed by atoms with E-state index in [2.05, 4.69) is 30.7 Å². The van der Waals surface area contributed by atoms with Gasteiger partial charge in [-0.15, -0.1) is 0 Å². The Morgan fingerprint density at radius 2 is 2.06 bits per heavy atom. The molecule has 16 heavy (non-hydrogen) atoms. The van der Waals surface area contributed by atoms with E-state index in [-0.39, 0.29) is 0 Å². The van der Waals surface area contributed by atoms with Gasteiger partial charge >= 0.3 is 0 Å². The minimum absolute atomic E-state index is 0.435. The van der Waals surface area contributed by atoms with Gasteiger partial charge in [-0.3, -0.25) is 4.90 Å². The lowest BCUT2D eigenvalue weighted by atomic mass is 10.2. The standard InChI is InChI=1S/C12H26N2O2/c1-10(2)14-7-4-5-11(14)9-13(3)8-6-12(15)16/h10-12,15-16H,4-9H2,1-3H3/t11-/m0/s1. The van der Waals surface area contributed by atoms with Crippen molar-refractivity contribution in [3.05, 3.63) is 0 Å². The van der Waals surface area contributed by atoms with Crippen molar-refractivity contribution < 1.29 is 10.2 Å². The highest BCUT2D eigenvalue weighted by atomic mass is 16.5. The zero-order chi connectivity index (χ0) is 12.1. The summed E-state index contributed by atoms with van der Waals surface area (Å²) in [5.41, 5.74) is 0. The number of likely N-dealkylation sites (tertiary alicyclic amines) is 1. The maximum Gasteiger partial charge on any atom is 0.152 e. The van der Waals surface area contributed by atoms with Crippen LogP contribution in [0.2, 0.25) is 0 Å². The van der Waals surface area contributed by atoms with Crippen LogP contribution in [0.5, 0.6) is 0 Å². The van der Waals surface area contributed by atoms with Crippen molar-refractivity contribution in [1.82, 2.24) is 9.80 Å². The first kappa shape index (κ1) is 13.9. The Kier molecular flexibility index (Phi) is 5.69. The Morgan fingerprint density at radius 3 is 2.62 bits per heavy atom. The maximum absolute atomic E-state index is 8.82. The topological polar surface area (TPSA) is 46.9 Å². The van der Waals surface area contributed by atoms with Gasteiger partial charge in [0.2, 0.25) is 0 Å². The van der Waals surface area contributed by atoms with Crippen LogP contribution < -0.4 is 0 Å². The molecule has 1 aliphatic heterocycles. The zero-order valence-corrected chi connectivity index (χ0v) is 10.8. The highest BCUT2D eigenvalue weighted by Crippen LogP contribution is 2.20. The molecule has 1 atom stereocenters. The van der Waals surface area contributed by atoms with E-state index < -0.39 is 6.29 Å². The first-order chi connectivity index (χ1) is 7.50. The van der Waals surface area contributed by atoms with Crippen LogP contribution in [-0.2, 0) is 0 Å². The summed E-state index contributed by atoms with van der Waals surface area (Å²) in [6.07, 6.45) is 1.82. The van der Waals surface area contributed by atoms with Gasteiger partial charge in [0.05, 0.1) is 0 Å². The van der Waals surface area contributed by atoms with E-state index in [1.54, 1.807) is 0 Å². The molecule has 0 saturated carbocycles. The average Bonchev–Trinajstić information content (AvgIpc) is 2.62. The Balaban J connectivity index is 2.29.